The topological polar surface area (TPSA) is 94.2 Å². The molecule has 31 heavy (non-hydrogen) atoms. The Morgan fingerprint density at radius 2 is 1.87 bits per heavy atom. The lowest BCUT2D eigenvalue weighted by atomic mass is 10.1. The standard InChI is InChI=1S/C21H25ClN2O6S/c1-15(16-3-6-18(28-2)7-4-16)23-21(25)14-30-19-8-5-17(22)13-20(19)31(26,27)24-9-11-29-12-10-24/h3-8,13,15H,9-12,14H2,1-2H3,(H,23,25)/t15-/m0/s1. The zero-order chi connectivity index (χ0) is 22.4. The Balaban J connectivity index is 1.67. The highest BCUT2D eigenvalue weighted by Crippen LogP contribution is 2.30. The van der Waals surface area contributed by atoms with Gasteiger partial charge in [0.15, 0.2) is 6.61 Å². The van der Waals surface area contributed by atoms with Crippen molar-refractivity contribution in [2.45, 2.75) is 17.9 Å². The number of nitrogens with one attached hydrogen (secondary N) is 1. The number of morpholine rings is 1. The molecule has 1 fully saturated rings. The second-order valence-electron chi connectivity index (χ2n) is 6.96. The van der Waals surface area contributed by atoms with Crippen LogP contribution in [0.5, 0.6) is 11.5 Å². The van der Waals surface area contributed by atoms with E-state index in [9.17, 15) is 13.2 Å². The molecule has 0 bridgehead atoms. The number of halogens is 1. The van der Waals surface area contributed by atoms with Gasteiger partial charge in [0.2, 0.25) is 10.0 Å². The number of carbonyl (C=O) groups is 1. The van der Waals surface area contributed by atoms with Crippen LogP contribution in [-0.4, -0.2) is 58.7 Å². The molecule has 3 rings (SSSR count). The van der Waals surface area contributed by atoms with Crippen LogP contribution in [0, 0.1) is 0 Å². The molecule has 8 nitrogen and oxygen atoms in total. The van der Waals surface area contributed by atoms with E-state index < -0.39 is 10.0 Å². The van der Waals surface area contributed by atoms with Crippen LogP contribution in [0.1, 0.15) is 18.5 Å². The number of amides is 1. The monoisotopic (exact) mass is 468 g/mol. The lowest BCUT2D eigenvalue weighted by Gasteiger charge is -2.27. The predicted octanol–water partition coefficient (Wildman–Crippen LogP) is 2.63. The highest BCUT2D eigenvalue weighted by molar-refractivity contribution is 7.89. The van der Waals surface area contributed by atoms with Crippen molar-refractivity contribution in [3.05, 3.63) is 53.1 Å². The van der Waals surface area contributed by atoms with Crippen LogP contribution in [0.4, 0.5) is 0 Å². The van der Waals surface area contributed by atoms with Gasteiger partial charge in [-0.2, -0.15) is 4.31 Å². The maximum Gasteiger partial charge on any atom is 0.258 e. The minimum atomic E-state index is -3.84. The molecule has 1 atom stereocenters. The first-order valence-electron chi connectivity index (χ1n) is 9.75. The Labute approximate surface area is 187 Å². The average molecular weight is 469 g/mol. The fraction of sp³-hybridized carbons (Fsp3) is 0.381. The van der Waals surface area contributed by atoms with Gasteiger partial charge in [-0.1, -0.05) is 23.7 Å². The van der Waals surface area contributed by atoms with Gasteiger partial charge >= 0.3 is 0 Å². The van der Waals surface area contributed by atoms with E-state index >= 15 is 0 Å². The second-order valence-corrected chi connectivity index (χ2v) is 9.30. The molecule has 0 spiro atoms. The zero-order valence-corrected chi connectivity index (χ0v) is 18.9. The van der Waals surface area contributed by atoms with Gasteiger partial charge in [-0.25, -0.2) is 8.42 Å². The molecule has 0 aromatic heterocycles. The summed E-state index contributed by atoms with van der Waals surface area (Å²) < 4.78 is 43.3. The largest absolute Gasteiger partial charge is 0.497 e. The van der Waals surface area contributed by atoms with Crippen LogP contribution >= 0.6 is 11.6 Å². The molecule has 1 saturated heterocycles. The molecular formula is C21H25ClN2O6S. The summed E-state index contributed by atoms with van der Waals surface area (Å²) in [6, 6.07) is 11.4. The summed E-state index contributed by atoms with van der Waals surface area (Å²) in [7, 11) is -2.25. The molecule has 2 aromatic carbocycles. The number of hydrogen-bond acceptors (Lipinski definition) is 6. The third-order valence-corrected chi connectivity index (χ3v) is 7.00. The number of nitrogens with zero attached hydrogens (tertiary/aromatic N) is 1. The number of ether oxygens (including phenoxy) is 3. The van der Waals surface area contributed by atoms with Crippen molar-refractivity contribution >= 4 is 27.5 Å². The summed E-state index contributed by atoms with van der Waals surface area (Å²) >= 11 is 6.03. The van der Waals surface area contributed by atoms with Crippen molar-refractivity contribution in [2.75, 3.05) is 40.0 Å². The summed E-state index contributed by atoms with van der Waals surface area (Å²) in [5, 5.41) is 3.09. The third kappa shape index (κ3) is 5.88. The number of methoxy groups -OCH3 is 1. The Morgan fingerprint density at radius 3 is 2.52 bits per heavy atom. The average Bonchev–Trinajstić information content (AvgIpc) is 2.78. The van der Waals surface area contributed by atoms with E-state index in [4.69, 9.17) is 25.8 Å². The third-order valence-electron chi connectivity index (χ3n) is 4.85. The van der Waals surface area contributed by atoms with Gasteiger partial charge < -0.3 is 19.5 Å². The summed E-state index contributed by atoms with van der Waals surface area (Å²) in [5.41, 5.74) is 0.899. The molecule has 10 heteroatoms. The van der Waals surface area contributed by atoms with E-state index in [2.05, 4.69) is 5.32 Å². The van der Waals surface area contributed by atoms with Gasteiger partial charge in [0, 0.05) is 18.1 Å². The first kappa shape index (κ1) is 23.3. The highest BCUT2D eigenvalue weighted by Gasteiger charge is 2.30. The molecular weight excluding hydrogens is 444 g/mol. The molecule has 1 amide bonds. The molecule has 168 valence electrons. The molecule has 0 radical (unpaired) electrons. The van der Waals surface area contributed by atoms with Crippen LogP contribution in [-0.2, 0) is 19.6 Å². The quantitative estimate of drug-likeness (QED) is 0.640. The lowest BCUT2D eigenvalue weighted by Crippen LogP contribution is -2.40. The highest BCUT2D eigenvalue weighted by atomic mass is 35.5. The van der Waals surface area contributed by atoms with Gasteiger partial charge in [-0.15, -0.1) is 0 Å². The van der Waals surface area contributed by atoms with Crippen molar-refractivity contribution < 1.29 is 27.4 Å². The molecule has 1 heterocycles. The lowest BCUT2D eigenvalue weighted by molar-refractivity contribution is -0.123. The molecule has 2 aromatic rings. The number of sulfonamides is 1. The summed E-state index contributed by atoms with van der Waals surface area (Å²) in [6.07, 6.45) is 0. The Morgan fingerprint density at radius 1 is 1.19 bits per heavy atom. The minimum absolute atomic E-state index is 0.0714. The molecule has 1 aliphatic rings. The molecule has 0 aliphatic carbocycles. The predicted molar refractivity (Wildman–Crippen MR) is 116 cm³/mol. The number of rotatable bonds is 8. The minimum Gasteiger partial charge on any atom is -0.497 e. The number of carbonyl (C=O) groups excluding carboxylic acids is 1. The number of hydrogen-bond donors (Lipinski definition) is 1. The molecule has 1 N–H and O–H groups in total. The number of benzene rings is 2. The molecule has 0 unspecified atom stereocenters. The maximum atomic E-state index is 13.0. The van der Waals surface area contributed by atoms with Gasteiger partial charge in [0.25, 0.3) is 5.91 Å². The van der Waals surface area contributed by atoms with Gasteiger partial charge in [-0.3, -0.25) is 4.79 Å². The Kier molecular flexibility index (Phi) is 7.77. The van der Waals surface area contributed by atoms with E-state index in [0.717, 1.165) is 11.3 Å². The van der Waals surface area contributed by atoms with E-state index in [1.165, 1.54) is 22.5 Å². The maximum absolute atomic E-state index is 13.0. The smallest absolute Gasteiger partial charge is 0.258 e. The van der Waals surface area contributed by atoms with E-state index in [0.29, 0.717) is 13.2 Å². The van der Waals surface area contributed by atoms with Crippen LogP contribution in [0.2, 0.25) is 5.02 Å². The van der Waals surface area contributed by atoms with E-state index in [1.807, 2.05) is 31.2 Å². The van der Waals surface area contributed by atoms with E-state index in [1.54, 1.807) is 7.11 Å². The normalized spacial score (nSPS) is 15.8. The van der Waals surface area contributed by atoms with Crippen LogP contribution < -0.4 is 14.8 Å². The van der Waals surface area contributed by atoms with Gasteiger partial charge in [-0.05, 0) is 42.8 Å². The summed E-state index contributed by atoms with van der Waals surface area (Å²) in [6.45, 7) is 2.63. The first-order chi connectivity index (χ1) is 14.8. The van der Waals surface area contributed by atoms with Crippen molar-refractivity contribution in [1.29, 1.82) is 0 Å². The van der Waals surface area contributed by atoms with Crippen LogP contribution in [0.3, 0.4) is 0 Å². The fourth-order valence-electron chi connectivity index (χ4n) is 3.13. The van der Waals surface area contributed by atoms with Crippen LogP contribution in [0.25, 0.3) is 0 Å². The second kappa shape index (κ2) is 10.3. The Bertz CT molecular complexity index is 1010. The van der Waals surface area contributed by atoms with Crippen molar-refractivity contribution in [2.24, 2.45) is 0 Å². The molecule has 0 saturated carbocycles. The van der Waals surface area contributed by atoms with Gasteiger partial charge in [0.1, 0.15) is 16.4 Å². The SMILES string of the molecule is COc1ccc([C@H](C)NC(=O)COc2ccc(Cl)cc2S(=O)(=O)N2CCOCC2)cc1. The van der Waals surface area contributed by atoms with Crippen molar-refractivity contribution in [3.63, 3.8) is 0 Å². The van der Waals surface area contributed by atoms with Crippen molar-refractivity contribution in [1.82, 2.24) is 9.62 Å². The Hall–Kier alpha value is -2.33. The first-order valence-corrected chi connectivity index (χ1v) is 11.6. The fourth-order valence-corrected chi connectivity index (χ4v) is 4.93. The van der Waals surface area contributed by atoms with Crippen molar-refractivity contribution in [3.8, 4) is 11.5 Å². The van der Waals surface area contributed by atoms with Crippen LogP contribution in [0.15, 0.2) is 47.4 Å². The summed E-state index contributed by atoms with van der Waals surface area (Å²) in [4.78, 5) is 12.3. The molecule has 1 aliphatic heterocycles. The van der Waals surface area contributed by atoms with E-state index in [-0.39, 0.29) is 47.3 Å². The zero-order valence-electron chi connectivity index (χ0n) is 17.3. The van der Waals surface area contributed by atoms with Gasteiger partial charge in [0.05, 0.1) is 26.4 Å². The summed E-state index contributed by atoms with van der Waals surface area (Å²) in [5.74, 6) is 0.415.